The summed E-state index contributed by atoms with van der Waals surface area (Å²) in [6, 6.07) is 21.3. The molecule has 1 aliphatic heterocycles. The maximum Gasteiger partial charge on any atom is 0.250 e. The van der Waals surface area contributed by atoms with Gasteiger partial charge in [0.2, 0.25) is 5.91 Å². The van der Waals surface area contributed by atoms with E-state index in [2.05, 4.69) is 51.1 Å². The first-order chi connectivity index (χ1) is 19.9. The number of amides is 1. The van der Waals surface area contributed by atoms with Crippen LogP contribution in [0.1, 0.15) is 34.7 Å². The first-order valence-electron chi connectivity index (χ1n) is 13.2. The molecule has 3 heterocycles. The SMILES string of the molecule is COCC(=O)Nc1cc(N2C(=S)N[C@H](c3ccccn3)[C@H]2c2cc(C)n(-c3cccc(OC)c3)c2C)ccc1OC. The van der Waals surface area contributed by atoms with Gasteiger partial charge in [-0.1, -0.05) is 12.1 Å². The number of methoxy groups -OCH3 is 3. The van der Waals surface area contributed by atoms with Crippen LogP contribution in [0.25, 0.3) is 5.69 Å². The van der Waals surface area contributed by atoms with Crippen molar-refractivity contribution in [1.29, 1.82) is 0 Å². The van der Waals surface area contributed by atoms with E-state index in [0.717, 1.165) is 39.8 Å². The van der Waals surface area contributed by atoms with Gasteiger partial charge in [-0.2, -0.15) is 0 Å². The van der Waals surface area contributed by atoms with Crippen LogP contribution in [-0.4, -0.2) is 48.5 Å². The average Bonchev–Trinajstić information content (AvgIpc) is 3.48. The van der Waals surface area contributed by atoms with Crippen LogP contribution in [0.5, 0.6) is 11.5 Å². The molecule has 5 rings (SSSR count). The molecule has 2 N–H and O–H groups in total. The fourth-order valence-electron chi connectivity index (χ4n) is 5.44. The fraction of sp³-hybridized carbons (Fsp3) is 0.258. The second-order valence-electron chi connectivity index (χ2n) is 9.73. The molecule has 10 heteroatoms. The predicted molar refractivity (Wildman–Crippen MR) is 163 cm³/mol. The van der Waals surface area contributed by atoms with Gasteiger partial charge >= 0.3 is 0 Å². The standard InChI is InChI=1S/C31H33N5O4S/c1-19-15-24(20(2)35(19)21-9-8-10-23(16-21)39-4)30-29(25-11-6-7-14-32-25)34-31(41)36(30)22-12-13-27(40-5)26(17-22)33-28(37)18-38-3/h6-17,29-30H,18H2,1-5H3,(H,33,37)(H,34,41)/t29-,30-/m1/s1. The fourth-order valence-corrected chi connectivity index (χ4v) is 5.79. The first kappa shape index (κ1) is 28.1. The molecular weight excluding hydrogens is 538 g/mol. The van der Waals surface area contributed by atoms with Crippen molar-refractivity contribution in [2.75, 3.05) is 38.2 Å². The highest BCUT2D eigenvalue weighted by atomic mass is 32.1. The molecule has 0 unspecified atom stereocenters. The van der Waals surface area contributed by atoms with E-state index in [1.54, 1.807) is 20.4 Å². The van der Waals surface area contributed by atoms with Crippen LogP contribution in [0.15, 0.2) is 72.9 Å². The van der Waals surface area contributed by atoms with Gasteiger partial charge in [-0.3, -0.25) is 9.78 Å². The molecular formula is C31H33N5O4S. The third-order valence-electron chi connectivity index (χ3n) is 7.21. The quantitative estimate of drug-likeness (QED) is 0.263. The van der Waals surface area contributed by atoms with Crippen molar-refractivity contribution < 1.29 is 19.0 Å². The lowest BCUT2D eigenvalue weighted by Crippen LogP contribution is -2.29. The minimum Gasteiger partial charge on any atom is -0.497 e. The zero-order valence-electron chi connectivity index (χ0n) is 23.7. The van der Waals surface area contributed by atoms with Crippen molar-refractivity contribution in [1.82, 2.24) is 14.9 Å². The predicted octanol–water partition coefficient (Wildman–Crippen LogP) is 5.27. The Labute approximate surface area is 245 Å². The van der Waals surface area contributed by atoms with E-state index in [-0.39, 0.29) is 24.6 Å². The Morgan fingerprint density at radius 2 is 1.83 bits per heavy atom. The van der Waals surface area contributed by atoms with Crippen molar-refractivity contribution in [3.8, 4) is 17.2 Å². The number of carbonyl (C=O) groups is 1. The Hall–Kier alpha value is -4.41. The maximum atomic E-state index is 12.4. The van der Waals surface area contributed by atoms with E-state index in [1.165, 1.54) is 7.11 Å². The lowest BCUT2D eigenvalue weighted by Gasteiger charge is -2.29. The molecule has 1 aliphatic rings. The number of thiocarbonyl (C=S) groups is 1. The zero-order chi connectivity index (χ0) is 29.1. The van der Waals surface area contributed by atoms with Gasteiger partial charge in [0, 0.05) is 42.1 Å². The molecule has 1 amide bonds. The highest BCUT2D eigenvalue weighted by molar-refractivity contribution is 7.80. The number of aromatic nitrogens is 2. The number of nitrogens with one attached hydrogen (secondary N) is 2. The van der Waals surface area contributed by atoms with Crippen LogP contribution in [0.2, 0.25) is 0 Å². The van der Waals surface area contributed by atoms with Gasteiger partial charge < -0.3 is 34.3 Å². The van der Waals surface area contributed by atoms with E-state index < -0.39 is 0 Å². The maximum absolute atomic E-state index is 12.4. The summed E-state index contributed by atoms with van der Waals surface area (Å²) >= 11 is 5.94. The number of aryl methyl sites for hydroxylation is 1. The van der Waals surface area contributed by atoms with E-state index in [4.69, 9.17) is 26.4 Å². The van der Waals surface area contributed by atoms with Crippen LogP contribution in [0.3, 0.4) is 0 Å². The Morgan fingerprint density at radius 1 is 1.00 bits per heavy atom. The minimum atomic E-state index is -0.283. The van der Waals surface area contributed by atoms with Gasteiger partial charge in [-0.25, -0.2) is 0 Å². The first-order valence-corrected chi connectivity index (χ1v) is 13.6. The monoisotopic (exact) mass is 571 g/mol. The van der Waals surface area contributed by atoms with Gasteiger partial charge in [-0.05, 0) is 80.2 Å². The number of nitrogens with zero attached hydrogens (tertiary/aromatic N) is 3. The van der Waals surface area contributed by atoms with E-state index in [1.807, 2.05) is 54.6 Å². The Morgan fingerprint density at radius 3 is 2.54 bits per heavy atom. The molecule has 2 aromatic carbocycles. The number of hydrogen-bond donors (Lipinski definition) is 2. The Kier molecular flexibility index (Phi) is 8.23. The molecule has 41 heavy (non-hydrogen) atoms. The summed E-state index contributed by atoms with van der Waals surface area (Å²) in [6.07, 6.45) is 1.79. The normalized spacial score (nSPS) is 16.4. The number of benzene rings is 2. The van der Waals surface area contributed by atoms with Gasteiger partial charge in [0.15, 0.2) is 5.11 Å². The Bertz CT molecular complexity index is 1570. The molecule has 9 nitrogen and oxygen atoms in total. The molecule has 0 spiro atoms. The van der Waals surface area contributed by atoms with Gasteiger partial charge in [0.05, 0.1) is 37.7 Å². The molecule has 0 radical (unpaired) electrons. The molecule has 2 atom stereocenters. The van der Waals surface area contributed by atoms with E-state index in [0.29, 0.717) is 16.5 Å². The van der Waals surface area contributed by atoms with Crippen LogP contribution in [0.4, 0.5) is 11.4 Å². The van der Waals surface area contributed by atoms with Crippen molar-refractivity contribution in [2.45, 2.75) is 25.9 Å². The third kappa shape index (κ3) is 5.48. The summed E-state index contributed by atoms with van der Waals surface area (Å²) in [7, 11) is 4.71. The summed E-state index contributed by atoms with van der Waals surface area (Å²) in [5.74, 6) is 1.04. The summed E-state index contributed by atoms with van der Waals surface area (Å²) < 4.78 is 18.2. The molecule has 0 aliphatic carbocycles. The van der Waals surface area contributed by atoms with Crippen molar-refractivity contribution in [3.05, 3.63) is 95.6 Å². The topological polar surface area (TPSA) is 89.9 Å². The number of hydrogen-bond acceptors (Lipinski definition) is 6. The number of pyridine rings is 1. The molecule has 1 saturated heterocycles. The number of rotatable bonds is 9. The van der Waals surface area contributed by atoms with Crippen LogP contribution in [-0.2, 0) is 9.53 Å². The summed E-state index contributed by atoms with van der Waals surface area (Å²) in [4.78, 5) is 19.2. The van der Waals surface area contributed by atoms with Gasteiger partial charge in [0.25, 0.3) is 0 Å². The third-order valence-corrected chi connectivity index (χ3v) is 7.52. The van der Waals surface area contributed by atoms with Crippen molar-refractivity contribution in [3.63, 3.8) is 0 Å². The van der Waals surface area contributed by atoms with Crippen LogP contribution < -0.4 is 25.0 Å². The molecule has 4 aromatic rings. The summed E-state index contributed by atoms with van der Waals surface area (Å²) in [5, 5.41) is 6.96. The highest BCUT2D eigenvalue weighted by Gasteiger charge is 2.42. The molecule has 2 aromatic heterocycles. The lowest BCUT2D eigenvalue weighted by molar-refractivity contribution is -0.119. The van der Waals surface area contributed by atoms with Gasteiger partial charge in [-0.15, -0.1) is 0 Å². The average molecular weight is 572 g/mol. The molecule has 212 valence electrons. The van der Waals surface area contributed by atoms with E-state index in [9.17, 15) is 4.79 Å². The largest absolute Gasteiger partial charge is 0.497 e. The number of carbonyl (C=O) groups excluding carboxylic acids is 1. The van der Waals surface area contributed by atoms with Crippen molar-refractivity contribution >= 4 is 34.6 Å². The van der Waals surface area contributed by atoms with Crippen LogP contribution in [0, 0.1) is 13.8 Å². The van der Waals surface area contributed by atoms with Crippen LogP contribution >= 0.6 is 12.2 Å². The van der Waals surface area contributed by atoms with Gasteiger partial charge in [0.1, 0.15) is 18.1 Å². The number of ether oxygens (including phenoxy) is 3. The second-order valence-corrected chi connectivity index (χ2v) is 10.1. The smallest absolute Gasteiger partial charge is 0.250 e. The molecule has 0 saturated carbocycles. The number of anilines is 2. The Balaban J connectivity index is 1.65. The highest BCUT2D eigenvalue weighted by Crippen LogP contribution is 2.45. The lowest BCUT2D eigenvalue weighted by atomic mass is 9.96. The second kappa shape index (κ2) is 12.0. The minimum absolute atomic E-state index is 0.0717. The zero-order valence-corrected chi connectivity index (χ0v) is 24.5. The van der Waals surface area contributed by atoms with Crippen molar-refractivity contribution in [2.24, 2.45) is 0 Å². The summed E-state index contributed by atoms with van der Waals surface area (Å²) in [5.41, 5.74) is 6.44. The summed E-state index contributed by atoms with van der Waals surface area (Å²) in [6.45, 7) is 4.13. The molecule has 0 bridgehead atoms. The van der Waals surface area contributed by atoms with E-state index >= 15 is 0 Å². The molecule has 1 fully saturated rings.